The van der Waals surface area contributed by atoms with Gasteiger partial charge < -0.3 is 16.8 Å². The lowest BCUT2D eigenvalue weighted by molar-refractivity contribution is -0.117. The quantitative estimate of drug-likeness (QED) is 0.522. The van der Waals surface area contributed by atoms with Gasteiger partial charge in [-0.15, -0.1) is 0 Å². The molecular weight excluding hydrogens is 214 g/mol. The average molecular weight is 229 g/mol. The molecular formula is C13H15N3O. The summed E-state index contributed by atoms with van der Waals surface area (Å²) in [5.74, 6) is -0.422. The fourth-order valence-electron chi connectivity index (χ4n) is 1.58. The summed E-state index contributed by atoms with van der Waals surface area (Å²) >= 11 is 0. The first kappa shape index (κ1) is 11.6. The van der Waals surface area contributed by atoms with Crippen LogP contribution in [0.5, 0.6) is 0 Å². The van der Waals surface area contributed by atoms with E-state index in [0.717, 1.165) is 5.69 Å². The summed E-state index contributed by atoms with van der Waals surface area (Å²) in [5.41, 5.74) is 11.2. The predicted molar refractivity (Wildman–Crippen MR) is 67.9 cm³/mol. The minimum atomic E-state index is -0.941. The Balaban J connectivity index is 2.01. The SMILES string of the molecule is NC1(N)C=CC(C(=O)Nc2ccccc2)C=C1. The van der Waals surface area contributed by atoms with Crippen LogP contribution in [0.1, 0.15) is 0 Å². The molecule has 88 valence electrons. The van der Waals surface area contributed by atoms with Crippen LogP contribution in [0.15, 0.2) is 54.6 Å². The second-order valence-electron chi connectivity index (χ2n) is 4.10. The maximum atomic E-state index is 11.9. The summed E-state index contributed by atoms with van der Waals surface area (Å²) in [6.45, 7) is 0. The number of rotatable bonds is 2. The number of carbonyl (C=O) groups is 1. The number of para-hydroxylation sites is 1. The molecule has 1 amide bonds. The third-order valence-electron chi connectivity index (χ3n) is 2.53. The van der Waals surface area contributed by atoms with Gasteiger partial charge in [-0.2, -0.15) is 0 Å². The molecule has 0 radical (unpaired) electrons. The lowest BCUT2D eigenvalue weighted by Gasteiger charge is -2.21. The Morgan fingerprint density at radius 3 is 2.29 bits per heavy atom. The van der Waals surface area contributed by atoms with Crippen molar-refractivity contribution in [2.24, 2.45) is 17.4 Å². The first-order chi connectivity index (χ1) is 8.07. The van der Waals surface area contributed by atoms with E-state index in [0.29, 0.717) is 0 Å². The minimum absolute atomic E-state index is 0.0980. The molecule has 0 aromatic heterocycles. The molecule has 0 spiro atoms. The van der Waals surface area contributed by atoms with E-state index < -0.39 is 5.66 Å². The van der Waals surface area contributed by atoms with Crippen LogP contribution in [0, 0.1) is 5.92 Å². The number of hydrogen-bond acceptors (Lipinski definition) is 3. The van der Waals surface area contributed by atoms with Gasteiger partial charge in [0, 0.05) is 5.69 Å². The van der Waals surface area contributed by atoms with Crippen LogP contribution in [0.25, 0.3) is 0 Å². The number of nitrogens with one attached hydrogen (secondary N) is 1. The van der Waals surface area contributed by atoms with E-state index in [1.165, 1.54) is 0 Å². The number of carbonyl (C=O) groups excluding carboxylic acids is 1. The van der Waals surface area contributed by atoms with Gasteiger partial charge in [0.15, 0.2) is 0 Å². The van der Waals surface area contributed by atoms with Gasteiger partial charge in [-0.25, -0.2) is 0 Å². The summed E-state index contributed by atoms with van der Waals surface area (Å²) in [6, 6.07) is 9.31. The van der Waals surface area contributed by atoms with Crippen molar-refractivity contribution in [3.63, 3.8) is 0 Å². The van der Waals surface area contributed by atoms with Crippen LogP contribution in [-0.2, 0) is 4.79 Å². The maximum absolute atomic E-state index is 11.9. The van der Waals surface area contributed by atoms with Crippen molar-refractivity contribution >= 4 is 11.6 Å². The van der Waals surface area contributed by atoms with E-state index in [4.69, 9.17) is 11.5 Å². The molecule has 1 aromatic carbocycles. The molecule has 0 atom stereocenters. The fourth-order valence-corrected chi connectivity index (χ4v) is 1.58. The van der Waals surface area contributed by atoms with Crippen molar-refractivity contribution in [1.29, 1.82) is 0 Å². The van der Waals surface area contributed by atoms with E-state index in [-0.39, 0.29) is 11.8 Å². The van der Waals surface area contributed by atoms with Gasteiger partial charge in [-0.3, -0.25) is 4.79 Å². The Hall–Kier alpha value is -1.91. The molecule has 2 rings (SSSR count). The van der Waals surface area contributed by atoms with E-state index in [9.17, 15) is 4.79 Å². The molecule has 0 aliphatic heterocycles. The molecule has 0 fully saturated rings. The third-order valence-corrected chi connectivity index (χ3v) is 2.53. The van der Waals surface area contributed by atoms with E-state index in [1.54, 1.807) is 24.3 Å². The van der Waals surface area contributed by atoms with Crippen molar-refractivity contribution < 1.29 is 4.79 Å². The summed E-state index contributed by atoms with van der Waals surface area (Å²) in [7, 11) is 0. The van der Waals surface area contributed by atoms with Crippen molar-refractivity contribution in [3.05, 3.63) is 54.6 Å². The number of amides is 1. The van der Waals surface area contributed by atoms with Crippen LogP contribution in [0.4, 0.5) is 5.69 Å². The molecule has 0 unspecified atom stereocenters. The van der Waals surface area contributed by atoms with Crippen LogP contribution in [0.2, 0.25) is 0 Å². The average Bonchev–Trinajstić information content (AvgIpc) is 2.30. The lowest BCUT2D eigenvalue weighted by atomic mass is 9.97. The second kappa shape index (κ2) is 4.53. The topological polar surface area (TPSA) is 81.1 Å². The van der Waals surface area contributed by atoms with Gasteiger partial charge in [-0.05, 0) is 24.3 Å². The molecule has 0 heterocycles. The largest absolute Gasteiger partial charge is 0.325 e. The molecule has 1 aliphatic rings. The van der Waals surface area contributed by atoms with Crippen molar-refractivity contribution in [3.8, 4) is 0 Å². The van der Waals surface area contributed by atoms with Crippen LogP contribution in [0.3, 0.4) is 0 Å². The van der Waals surface area contributed by atoms with Gasteiger partial charge in [-0.1, -0.05) is 30.4 Å². The summed E-state index contributed by atoms with van der Waals surface area (Å²) in [4.78, 5) is 11.9. The second-order valence-corrected chi connectivity index (χ2v) is 4.10. The molecule has 0 saturated carbocycles. The molecule has 0 saturated heterocycles. The first-order valence-corrected chi connectivity index (χ1v) is 5.39. The normalized spacial score (nSPS) is 18.0. The molecule has 4 heteroatoms. The van der Waals surface area contributed by atoms with Gasteiger partial charge >= 0.3 is 0 Å². The van der Waals surface area contributed by atoms with Gasteiger partial charge in [0.25, 0.3) is 0 Å². The third kappa shape index (κ3) is 3.03. The van der Waals surface area contributed by atoms with Crippen molar-refractivity contribution in [2.45, 2.75) is 5.66 Å². The Labute approximate surface area is 100.0 Å². The van der Waals surface area contributed by atoms with E-state index in [1.807, 2.05) is 30.3 Å². The molecule has 5 N–H and O–H groups in total. The Morgan fingerprint density at radius 2 is 1.71 bits per heavy atom. The molecule has 17 heavy (non-hydrogen) atoms. The Kier molecular flexibility index (Phi) is 3.08. The highest BCUT2D eigenvalue weighted by Gasteiger charge is 2.20. The molecule has 4 nitrogen and oxygen atoms in total. The zero-order chi connectivity index (χ0) is 12.3. The first-order valence-electron chi connectivity index (χ1n) is 5.39. The minimum Gasteiger partial charge on any atom is -0.325 e. The van der Waals surface area contributed by atoms with Crippen LogP contribution < -0.4 is 16.8 Å². The summed E-state index contributed by atoms with van der Waals surface area (Å²) in [5, 5.41) is 2.82. The van der Waals surface area contributed by atoms with Crippen molar-refractivity contribution in [1.82, 2.24) is 0 Å². The number of benzene rings is 1. The van der Waals surface area contributed by atoms with Crippen LogP contribution >= 0.6 is 0 Å². The maximum Gasteiger partial charge on any atom is 0.235 e. The number of anilines is 1. The zero-order valence-corrected chi connectivity index (χ0v) is 9.34. The zero-order valence-electron chi connectivity index (χ0n) is 9.34. The molecule has 1 aliphatic carbocycles. The molecule has 1 aromatic rings. The summed E-state index contributed by atoms with van der Waals surface area (Å²) in [6.07, 6.45) is 6.67. The van der Waals surface area contributed by atoms with Gasteiger partial charge in [0.1, 0.15) is 5.66 Å². The van der Waals surface area contributed by atoms with Crippen molar-refractivity contribution in [2.75, 3.05) is 5.32 Å². The monoisotopic (exact) mass is 229 g/mol. The standard InChI is InChI=1S/C13H15N3O/c14-13(15)8-6-10(7-9-13)12(17)16-11-4-2-1-3-5-11/h1-10H,14-15H2,(H,16,17). The smallest absolute Gasteiger partial charge is 0.235 e. The highest BCUT2D eigenvalue weighted by Crippen LogP contribution is 2.15. The Bertz CT molecular complexity index is 447. The van der Waals surface area contributed by atoms with Gasteiger partial charge in [0.2, 0.25) is 5.91 Å². The Morgan fingerprint density at radius 1 is 1.12 bits per heavy atom. The van der Waals surface area contributed by atoms with E-state index >= 15 is 0 Å². The highest BCUT2D eigenvalue weighted by molar-refractivity contribution is 5.95. The molecule has 0 bridgehead atoms. The fraction of sp³-hybridized carbons (Fsp3) is 0.154. The number of nitrogens with two attached hydrogens (primary N) is 2. The van der Waals surface area contributed by atoms with Crippen LogP contribution in [-0.4, -0.2) is 11.6 Å². The lowest BCUT2D eigenvalue weighted by Crippen LogP contribution is -2.46. The summed E-state index contributed by atoms with van der Waals surface area (Å²) < 4.78 is 0. The highest BCUT2D eigenvalue weighted by atomic mass is 16.1. The van der Waals surface area contributed by atoms with Gasteiger partial charge in [0.05, 0.1) is 5.92 Å². The van der Waals surface area contributed by atoms with E-state index in [2.05, 4.69) is 5.32 Å². The predicted octanol–water partition coefficient (Wildman–Crippen LogP) is 0.981. The number of hydrogen-bond donors (Lipinski definition) is 3.